The topological polar surface area (TPSA) is 175 Å². The number of unbranched alkanes of at least 4 members (excludes halogenated alkanes) is 1. The monoisotopic (exact) mass is 660 g/mol. The molecule has 0 saturated carbocycles. The van der Waals surface area contributed by atoms with Gasteiger partial charge in [-0.2, -0.15) is 0 Å². The predicted molar refractivity (Wildman–Crippen MR) is 172 cm³/mol. The molecule has 0 aliphatic carbocycles. The molecule has 14 nitrogen and oxygen atoms in total. The van der Waals surface area contributed by atoms with Crippen LogP contribution in [-0.2, 0) is 23.2 Å². The molecule has 2 aliphatic rings. The van der Waals surface area contributed by atoms with Gasteiger partial charge in [-0.3, -0.25) is 23.8 Å². The molecule has 1 aromatic carbocycles. The second-order valence-corrected chi connectivity index (χ2v) is 13.5. The Hall–Kier alpha value is -3.42. The van der Waals surface area contributed by atoms with Gasteiger partial charge in [-0.15, -0.1) is 0 Å². The maximum absolute atomic E-state index is 13.9. The summed E-state index contributed by atoms with van der Waals surface area (Å²) in [5.74, 6) is -1.06. The van der Waals surface area contributed by atoms with Gasteiger partial charge >= 0.3 is 13.6 Å². The van der Waals surface area contributed by atoms with E-state index in [1.54, 1.807) is 18.7 Å². The molecule has 252 valence electrons. The molecule has 15 heteroatoms. The minimum atomic E-state index is -3.75. The van der Waals surface area contributed by atoms with Gasteiger partial charge in [0.2, 0.25) is 5.91 Å². The number of amides is 2. The third-order valence-corrected chi connectivity index (χ3v) is 10.0. The predicted octanol–water partition coefficient (Wildman–Crippen LogP) is 2.48. The van der Waals surface area contributed by atoms with E-state index in [4.69, 9.17) is 14.2 Å². The van der Waals surface area contributed by atoms with Gasteiger partial charge in [0.15, 0.2) is 5.82 Å². The second kappa shape index (κ2) is 16.9. The third-order valence-electron chi connectivity index (χ3n) is 7.92. The highest BCUT2D eigenvalue weighted by atomic mass is 31.2. The first-order valence-electron chi connectivity index (χ1n) is 15.9. The minimum Gasteiger partial charge on any atom is -0.481 e. The number of aliphatic hydroxyl groups excluding tert-OH is 1. The number of anilines is 1. The van der Waals surface area contributed by atoms with Crippen LogP contribution in [0.5, 0.6) is 0 Å². The number of aromatic nitrogens is 2. The fraction of sp³-hybridized carbons (Fsp3) is 0.581. The number of carboxylic acid groups (broad SMARTS) is 1. The van der Waals surface area contributed by atoms with Crippen LogP contribution in [-0.4, -0.2) is 125 Å². The summed E-state index contributed by atoms with van der Waals surface area (Å²) < 4.78 is 24.6. The number of hydrogen-bond acceptors (Lipinski definition) is 11. The van der Waals surface area contributed by atoms with Crippen molar-refractivity contribution < 1.29 is 38.2 Å². The minimum absolute atomic E-state index is 0.0249. The van der Waals surface area contributed by atoms with Crippen LogP contribution in [0, 0.1) is 0 Å². The molecule has 3 N–H and O–H groups in total. The highest BCUT2D eigenvalue weighted by molar-refractivity contribution is 7.54. The second-order valence-electron chi connectivity index (χ2n) is 11.4. The molecule has 2 amide bonds. The lowest BCUT2D eigenvalue weighted by Crippen LogP contribution is -2.56. The van der Waals surface area contributed by atoms with E-state index in [0.717, 1.165) is 13.0 Å². The van der Waals surface area contributed by atoms with Gasteiger partial charge in [0, 0.05) is 57.3 Å². The number of carbonyl (C=O) groups is 3. The van der Waals surface area contributed by atoms with Crippen LogP contribution >= 0.6 is 7.60 Å². The fourth-order valence-corrected chi connectivity index (χ4v) is 7.35. The number of nitrogens with zero attached hydrogens (tertiary/aromatic N) is 5. The summed E-state index contributed by atoms with van der Waals surface area (Å²) in [6.07, 6.45) is 1.17. The van der Waals surface area contributed by atoms with Crippen LogP contribution in [0.1, 0.15) is 50.0 Å². The third kappa shape index (κ3) is 10.0. The summed E-state index contributed by atoms with van der Waals surface area (Å²) in [6.45, 7) is 7.18. The smallest absolute Gasteiger partial charge is 0.333 e. The van der Waals surface area contributed by atoms with Crippen molar-refractivity contribution in [2.45, 2.75) is 51.7 Å². The van der Waals surface area contributed by atoms with Crippen molar-refractivity contribution in [1.82, 2.24) is 25.1 Å². The molecule has 2 atom stereocenters. The molecule has 46 heavy (non-hydrogen) atoms. The Balaban J connectivity index is 1.55. The van der Waals surface area contributed by atoms with Gasteiger partial charge in [-0.1, -0.05) is 30.3 Å². The summed E-state index contributed by atoms with van der Waals surface area (Å²) in [7, 11) is -3.75. The van der Waals surface area contributed by atoms with E-state index in [1.165, 1.54) is 6.07 Å². The Morgan fingerprint density at radius 2 is 1.72 bits per heavy atom. The van der Waals surface area contributed by atoms with Crippen LogP contribution in [0.2, 0.25) is 0 Å². The first kappa shape index (κ1) is 35.4. The lowest BCUT2D eigenvalue weighted by Gasteiger charge is -2.37. The molecule has 0 spiro atoms. The van der Waals surface area contributed by atoms with E-state index >= 15 is 0 Å². The molecule has 2 aliphatic heterocycles. The van der Waals surface area contributed by atoms with Gasteiger partial charge in [0.1, 0.15) is 17.6 Å². The number of carbonyl (C=O) groups excluding carboxylic acids is 2. The molecule has 4 rings (SSSR count). The number of carboxylic acids is 1. The Morgan fingerprint density at radius 1 is 1.02 bits per heavy atom. The maximum Gasteiger partial charge on any atom is 0.333 e. The van der Waals surface area contributed by atoms with Crippen LogP contribution < -0.4 is 10.2 Å². The number of benzene rings is 1. The lowest BCUT2D eigenvalue weighted by molar-refractivity contribution is -0.137. The average Bonchev–Trinajstić information content (AvgIpc) is 3.49. The van der Waals surface area contributed by atoms with E-state index in [2.05, 4.69) is 20.2 Å². The van der Waals surface area contributed by atoms with E-state index in [0.29, 0.717) is 69.3 Å². The number of nitrogens with one attached hydrogen (secondary N) is 1. The number of aliphatic carboxylic acids is 1. The van der Waals surface area contributed by atoms with Gasteiger partial charge in [-0.25, -0.2) is 9.97 Å². The van der Waals surface area contributed by atoms with E-state index in [9.17, 15) is 24.1 Å². The van der Waals surface area contributed by atoms with Crippen molar-refractivity contribution in [2.75, 3.05) is 70.1 Å². The number of piperazine rings is 1. The molecule has 2 saturated heterocycles. The van der Waals surface area contributed by atoms with E-state index in [1.807, 2.05) is 35.2 Å². The molecule has 0 radical (unpaired) electrons. The Kier molecular flexibility index (Phi) is 13.0. The molecular weight excluding hydrogens is 615 g/mol. The first-order valence-corrected chi connectivity index (χ1v) is 17.6. The van der Waals surface area contributed by atoms with Crippen molar-refractivity contribution in [1.29, 1.82) is 0 Å². The van der Waals surface area contributed by atoms with Crippen molar-refractivity contribution in [2.24, 2.45) is 0 Å². The Bertz CT molecular complexity index is 1360. The number of rotatable bonds is 16. The average molecular weight is 661 g/mol. The molecule has 3 heterocycles. The summed E-state index contributed by atoms with van der Waals surface area (Å²) in [6, 6.07) is 9.53. The quantitative estimate of drug-likeness (QED) is 0.178. The highest BCUT2D eigenvalue weighted by Gasteiger charge is 2.37. The molecule has 2 aromatic rings. The van der Waals surface area contributed by atoms with Crippen LogP contribution in [0.4, 0.5) is 5.82 Å². The fourth-order valence-electron chi connectivity index (χ4n) is 5.58. The van der Waals surface area contributed by atoms with Crippen molar-refractivity contribution in [3.63, 3.8) is 0 Å². The van der Waals surface area contributed by atoms with Crippen molar-refractivity contribution in [3.8, 4) is 11.4 Å². The Labute approximate surface area is 269 Å². The van der Waals surface area contributed by atoms with E-state index < -0.39 is 37.5 Å². The van der Waals surface area contributed by atoms with Crippen LogP contribution in [0.3, 0.4) is 0 Å². The molecule has 2 fully saturated rings. The summed E-state index contributed by atoms with van der Waals surface area (Å²) >= 11 is 0. The highest BCUT2D eigenvalue weighted by Crippen LogP contribution is 2.48. The zero-order valence-corrected chi connectivity index (χ0v) is 27.4. The molecule has 0 bridgehead atoms. The van der Waals surface area contributed by atoms with Crippen molar-refractivity contribution in [3.05, 3.63) is 42.1 Å². The number of β-amino-alcohol motifs (C(OH)–C–C–N with tert-alkyl or cyclic N) is 1. The largest absolute Gasteiger partial charge is 0.481 e. The zero-order chi connectivity index (χ0) is 33.1. The van der Waals surface area contributed by atoms with Crippen LogP contribution in [0.25, 0.3) is 11.4 Å². The number of aliphatic hydroxyl groups is 1. The molecule has 1 unspecified atom stereocenters. The van der Waals surface area contributed by atoms with Gasteiger partial charge in [0.25, 0.3) is 5.91 Å². The van der Waals surface area contributed by atoms with Crippen LogP contribution in [0.15, 0.2) is 36.4 Å². The Morgan fingerprint density at radius 3 is 2.33 bits per heavy atom. The molecule has 1 aromatic heterocycles. The van der Waals surface area contributed by atoms with E-state index in [-0.39, 0.29) is 31.5 Å². The molecular formula is C31H45N6O8P. The first-order chi connectivity index (χ1) is 22.1. The summed E-state index contributed by atoms with van der Waals surface area (Å²) in [5, 5.41) is 21.8. The SMILES string of the molecule is CCOP(=O)(C[C@H](NC(=O)c1cc(N2CCC(O)C2)nc(-c2ccccc2)n1)C(=O)N1CCN(CCCCC(=O)O)CC1)OCC. The van der Waals surface area contributed by atoms with Gasteiger partial charge in [-0.05, 0) is 39.7 Å². The standard InChI is InChI=1S/C31H45N6O8P/c1-3-44-46(43,45-4-2)22-26(31(42)36-18-16-35(17-19-36)14-9-8-12-28(39)40)33-30(41)25-20-27(37-15-13-24(38)21-37)34-29(32-25)23-10-6-5-7-11-23/h5-7,10-11,20,24,26,38H,3-4,8-9,12-19,21-22H2,1-2H3,(H,33,41)(H,39,40)/t24?,26-/m0/s1. The summed E-state index contributed by atoms with van der Waals surface area (Å²) in [5.41, 5.74) is 0.723. The lowest BCUT2D eigenvalue weighted by atomic mass is 10.2. The summed E-state index contributed by atoms with van der Waals surface area (Å²) in [4.78, 5) is 53.5. The maximum atomic E-state index is 13.9. The van der Waals surface area contributed by atoms with Gasteiger partial charge < -0.3 is 34.4 Å². The van der Waals surface area contributed by atoms with Gasteiger partial charge in [0.05, 0.1) is 25.5 Å². The van der Waals surface area contributed by atoms with Crippen molar-refractivity contribution >= 4 is 31.2 Å². The number of hydrogen-bond donors (Lipinski definition) is 3. The normalized spacial score (nSPS) is 18.0. The zero-order valence-electron chi connectivity index (χ0n) is 26.5.